The summed E-state index contributed by atoms with van der Waals surface area (Å²) in [6.07, 6.45) is 6.44. The van der Waals surface area contributed by atoms with Gasteiger partial charge in [-0.3, -0.25) is 9.36 Å². The number of nitrogens with one attached hydrogen (secondary N) is 1. The largest absolute Gasteiger partial charge is 0.334 e. The van der Waals surface area contributed by atoms with E-state index < -0.39 is 0 Å². The van der Waals surface area contributed by atoms with Crippen LogP contribution in [0.3, 0.4) is 0 Å². The lowest BCUT2D eigenvalue weighted by atomic mass is 10.1. The van der Waals surface area contributed by atoms with E-state index in [1.165, 1.54) is 11.9 Å². The lowest BCUT2D eigenvalue weighted by molar-refractivity contribution is 0.102. The van der Waals surface area contributed by atoms with Crippen LogP contribution < -0.4 is 5.32 Å². The number of rotatable bonds is 6. The summed E-state index contributed by atoms with van der Waals surface area (Å²) in [5.41, 5.74) is 2.88. The molecule has 8 nitrogen and oxygen atoms in total. The van der Waals surface area contributed by atoms with E-state index in [-0.39, 0.29) is 11.6 Å². The molecule has 3 aromatic heterocycles. The molecular formula is C21H20N6O2. The van der Waals surface area contributed by atoms with Crippen LogP contribution in [0.5, 0.6) is 0 Å². The highest BCUT2D eigenvalue weighted by atomic mass is 16.5. The highest BCUT2D eigenvalue weighted by Crippen LogP contribution is 2.24. The second-order valence-corrected chi connectivity index (χ2v) is 6.41. The Morgan fingerprint density at radius 3 is 2.66 bits per heavy atom. The molecule has 4 aromatic rings. The second-order valence-electron chi connectivity index (χ2n) is 6.41. The first-order valence-electron chi connectivity index (χ1n) is 9.40. The normalized spacial score (nSPS) is 10.8. The zero-order chi connectivity index (χ0) is 20.2. The zero-order valence-electron chi connectivity index (χ0n) is 16.2. The molecule has 8 heteroatoms. The Hall–Kier alpha value is -3.81. The molecule has 0 aliphatic rings. The quantitative estimate of drug-likeness (QED) is 0.541. The molecule has 1 N–H and O–H groups in total. The van der Waals surface area contributed by atoms with E-state index in [1.54, 1.807) is 23.0 Å². The third kappa shape index (κ3) is 3.91. The number of nitrogens with zero attached hydrogens (tertiary/aromatic N) is 5. The van der Waals surface area contributed by atoms with Gasteiger partial charge in [0, 0.05) is 24.5 Å². The Kier molecular flexibility index (Phi) is 5.15. The second kappa shape index (κ2) is 8.05. The van der Waals surface area contributed by atoms with Gasteiger partial charge in [0.15, 0.2) is 11.6 Å². The Bertz CT molecular complexity index is 1130. The fourth-order valence-electron chi connectivity index (χ4n) is 2.85. The van der Waals surface area contributed by atoms with E-state index in [2.05, 4.69) is 32.3 Å². The molecule has 0 spiro atoms. The molecule has 1 amide bonds. The van der Waals surface area contributed by atoms with Crippen LogP contribution in [-0.4, -0.2) is 30.6 Å². The van der Waals surface area contributed by atoms with Gasteiger partial charge in [0.2, 0.25) is 0 Å². The number of aromatic nitrogens is 5. The molecule has 29 heavy (non-hydrogen) atoms. The Morgan fingerprint density at radius 1 is 1.10 bits per heavy atom. The molecule has 0 saturated heterocycles. The molecular weight excluding hydrogens is 368 g/mol. The van der Waals surface area contributed by atoms with E-state index in [0.29, 0.717) is 29.5 Å². The number of carbonyl (C=O) groups excluding carboxylic acids is 1. The molecule has 0 aliphatic carbocycles. The van der Waals surface area contributed by atoms with Crippen molar-refractivity contribution >= 4 is 11.6 Å². The maximum atomic E-state index is 12.6. The molecule has 0 fully saturated rings. The average Bonchev–Trinajstić information content (AvgIpc) is 3.44. The van der Waals surface area contributed by atoms with Crippen LogP contribution in [0.2, 0.25) is 0 Å². The number of hydrogen-bond donors (Lipinski definition) is 1. The van der Waals surface area contributed by atoms with Gasteiger partial charge in [-0.05, 0) is 36.2 Å². The zero-order valence-corrected chi connectivity index (χ0v) is 16.2. The van der Waals surface area contributed by atoms with Crippen molar-refractivity contribution in [2.24, 2.45) is 0 Å². The first kappa shape index (κ1) is 18.5. The first-order valence-corrected chi connectivity index (χ1v) is 9.40. The SMILES string of the molecule is CCc1ccc(NC(=O)c2cn(-c3ncccc3-c3nc(CC)no3)cn2)cc1. The van der Waals surface area contributed by atoms with Gasteiger partial charge in [-0.25, -0.2) is 9.97 Å². The summed E-state index contributed by atoms with van der Waals surface area (Å²) in [6, 6.07) is 11.4. The number of aryl methyl sites for hydroxylation is 2. The van der Waals surface area contributed by atoms with E-state index in [1.807, 2.05) is 37.3 Å². The summed E-state index contributed by atoms with van der Waals surface area (Å²) in [5.74, 6) is 1.25. The van der Waals surface area contributed by atoms with Gasteiger partial charge in [0.1, 0.15) is 12.0 Å². The molecule has 0 atom stereocenters. The van der Waals surface area contributed by atoms with Crippen LogP contribution in [0, 0.1) is 0 Å². The molecule has 1 aromatic carbocycles. The minimum absolute atomic E-state index is 0.279. The molecule has 3 heterocycles. The van der Waals surface area contributed by atoms with Gasteiger partial charge in [-0.15, -0.1) is 0 Å². The molecule has 0 radical (unpaired) electrons. The number of anilines is 1. The molecule has 4 rings (SSSR count). The van der Waals surface area contributed by atoms with Gasteiger partial charge in [0.25, 0.3) is 11.8 Å². The Morgan fingerprint density at radius 2 is 1.93 bits per heavy atom. The fourth-order valence-corrected chi connectivity index (χ4v) is 2.85. The predicted octanol–water partition coefficient (Wildman–Crippen LogP) is 3.69. The number of imidazole rings is 1. The summed E-state index contributed by atoms with van der Waals surface area (Å²) in [4.78, 5) is 25.6. The summed E-state index contributed by atoms with van der Waals surface area (Å²) in [7, 11) is 0. The Labute approximate surface area is 167 Å². The van der Waals surface area contributed by atoms with Crippen molar-refractivity contribution in [1.82, 2.24) is 24.7 Å². The minimum Gasteiger partial charge on any atom is -0.334 e. The number of pyridine rings is 1. The minimum atomic E-state index is -0.295. The van der Waals surface area contributed by atoms with Crippen molar-refractivity contribution in [3.63, 3.8) is 0 Å². The third-order valence-electron chi connectivity index (χ3n) is 4.48. The van der Waals surface area contributed by atoms with E-state index >= 15 is 0 Å². The summed E-state index contributed by atoms with van der Waals surface area (Å²) in [5, 5.41) is 6.79. The number of hydrogen-bond acceptors (Lipinski definition) is 6. The average molecular weight is 388 g/mol. The van der Waals surface area contributed by atoms with Crippen molar-refractivity contribution < 1.29 is 9.32 Å². The summed E-state index contributed by atoms with van der Waals surface area (Å²) in [6.45, 7) is 4.04. The van der Waals surface area contributed by atoms with Crippen LogP contribution in [-0.2, 0) is 12.8 Å². The number of benzene rings is 1. The van der Waals surface area contributed by atoms with Gasteiger partial charge < -0.3 is 9.84 Å². The van der Waals surface area contributed by atoms with Gasteiger partial charge in [-0.1, -0.05) is 31.1 Å². The van der Waals surface area contributed by atoms with Crippen molar-refractivity contribution in [2.45, 2.75) is 26.7 Å². The molecule has 0 aliphatic heterocycles. The maximum absolute atomic E-state index is 12.6. The Balaban J connectivity index is 1.58. The van der Waals surface area contributed by atoms with Gasteiger partial charge in [0.05, 0.1) is 5.56 Å². The first-order chi connectivity index (χ1) is 14.2. The molecule has 146 valence electrons. The lowest BCUT2D eigenvalue weighted by Gasteiger charge is -2.05. The van der Waals surface area contributed by atoms with E-state index in [0.717, 1.165) is 12.1 Å². The van der Waals surface area contributed by atoms with E-state index in [9.17, 15) is 4.79 Å². The summed E-state index contributed by atoms with van der Waals surface area (Å²) < 4.78 is 7.01. The van der Waals surface area contributed by atoms with Crippen molar-refractivity contribution in [1.29, 1.82) is 0 Å². The van der Waals surface area contributed by atoms with Crippen molar-refractivity contribution in [3.8, 4) is 17.3 Å². The molecule has 0 saturated carbocycles. The van der Waals surface area contributed by atoms with Crippen LogP contribution in [0.1, 0.15) is 35.7 Å². The van der Waals surface area contributed by atoms with Crippen molar-refractivity contribution in [2.75, 3.05) is 5.32 Å². The summed E-state index contributed by atoms with van der Waals surface area (Å²) >= 11 is 0. The molecule has 0 bridgehead atoms. The maximum Gasteiger partial charge on any atom is 0.275 e. The lowest BCUT2D eigenvalue weighted by Crippen LogP contribution is -2.12. The van der Waals surface area contributed by atoms with Crippen LogP contribution in [0.4, 0.5) is 5.69 Å². The standard InChI is InChI=1S/C21H20N6O2/c1-3-14-7-9-15(10-8-14)24-20(28)17-12-27(13-23-17)19-16(6-5-11-22-19)21-25-18(4-2)26-29-21/h5-13H,3-4H2,1-2H3,(H,24,28). The predicted molar refractivity (Wildman–Crippen MR) is 108 cm³/mol. The monoisotopic (exact) mass is 388 g/mol. The fraction of sp³-hybridized carbons (Fsp3) is 0.190. The highest BCUT2D eigenvalue weighted by Gasteiger charge is 2.17. The molecule has 0 unspecified atom stereocenters. The topological polar surface area (TPSA) is 98.7 Å². The smallest absolute Gasteiger partial charge is 0.275 e. The van der Waals surface area contributed by atoms with E-state index in [4.69, 9.17) is 4.52 Å². The van der Waals surface area contributed by atoms with Gasteiger partial charge in [-0.2, -0.15) is 4.98 Å². The van der Waals surface area contributed by atoms with Crippen LogP contribution >= 0.6 is 0 Å². The van der Waals surface area contributed by atoms with Gasteiger partial charge >= 0.3 is 0 Å². The number of carbonyl (C=O) groups is 1. The highest BCUT2D eigenvalue weighted by molar-refractivity contribution is 6.02. The van der Waals surface area contributed by atoms with Crippen LogP contribution in [0.25, 0.3) is 17.3 Å². The number of amides is 1. The third-order valence-corrected chi connectivity index (χ3v) is 4.48. The van der Waals surface area contributed by atoms with Crippen molar-refractivity contribution in [3.05, 3.63) is 72.2 Å². The van der Waals surface area contributed by atoms with Crippen LogP contribution in [0.15, 0.2) is 59.6 Å².